The SMILES string of the molecule is Cc1cc2nc(-c3ccc(C(=O)N/N=C/c4ccccn4)cc3)[nH]c2cc1C. The van der Waals surface area contributed by atoms with Gasteiger partial charge in [0, 0.05) is 17.3 Å². The van der Waals surface area contributed by atoms with E-state index in [1.54, 1.807) is 24.4 Å². The second kappa shape index (κ2) is 7.44. The van der Waals surface area contributed by atoms with Crippen molar-refractivity contribution in [3.05, 3.63) is 83.2 Å². The number of aromatic nitrogens is 3. The van der Waals surface area contributed by atoms with Crippen molar-refractivity contribution in [1.82, 2.24) is 20.4 Å². The van der Waals surface area contributed by atoms with Crippen LogP contribution in [-0.4, -0.2) is 27.1 Å². The molecule has 2 aromatic heterocycles. The number of aromatic amines is 1. The van der Waals surface area contributed by atoms with Crippen molar-refractivity contribution >= 4 is 23.2 Å². The van der Waals surface area contributed by atoms with Gasteiger partial charge in [-0.1, -0.05) is 18.2 Å². The lowest BCUT2D eigenvalue weighted by atomic mass is 10.1. The fourth-order valence-corrected chi connectivity index (χ4v) is 2.86. The van der Waals surface area contributed by atoms with Gasteiger partial charge in [0.2, 0.25) is 0 Å². The average Bonchev–Trinajstić information content (AvgIpc) is 3.12. The van der Waals surface area contributed by atoms with E-state index in [1.807, 2.05) is 24.3 Å². The fraction of sp³-hybridized carbons (Fsp3) is 0.0909. The molecule has 0 aliphatic carbocycles. The van der Waals surface area contributed by atoms with Gasteiger partial charge in [-0.2, -0.15) is 5.10 Å². The lowest BCUT2D eigenvalue weighted by Crippen LogP contribution is -2.17. The number of H-pyrrole nitrogens is 1. The third-order valence-electron chi connectivity index (χ3n) is 4.57. The Morgan fingerprint density at radius 1 is 1.07 bits per heavy atom. The van der Waals surface area contributed by atoms with E-state index in [1.165, 1.54) is 17.3 Å². The van der Waals surface area contributed by atoms with E-state index < -0.39 is 0 Å². The van der Waals surface area contributed by atoms with Crippen LogP contribution in [0.2, 0.25) is 0 Å². The van der Waals surface area contributed by atoms with Crippen LogP contribution in [0.25, 0.3) is 22.4 Å². The molecule has 6 nitrogen and oxygen atoms in total. The van der Waals surface area contributed by atoms with Gasteiger partial charge in [-0.3, -0.25) is 9.78 Å². The maximum absolute atomic E-state index is 12.2. The average molecular weight is 369 g/mol. The van der Waals surface area contributed by atoms with Crippen molar-refractivity contribution in [2.24, 2.45) is 5.10 Å². The topological polar surface area (TPSA) is 83.0 Å². The Morgan fingerprint density at radius 3 is 2.61 bits per heavy atom. The highest BCUT2D eigenvalue weighted by atomic mass is 16.2. The first-order valence-corrected chi connectivity index (χ1v) is 8.92. The number of hydrogen-bond acceptors (Lipinski definition) is 4. The molecule has 2 heterocycles. The predicted molar refractivity (Wildman–Crippen MR) is 110 cm³/mol. The third kappa shape index (κ3) is 3.66. The van der Waals surface area contributed by atoms with E-state index in [0.717, 1.165) is 22.4 Å². The summed E-state index contributed by atoms with van der Waals surface area (Å²) in [6.07, 6.45) is 3.17. The van der Waals surface area contributed by atoms with E-state index in [-0.39, 0.29) is 5.91 Å². The monoisotopic (exact) mass is 369 g/mol. The van der Waals surface area contributed by atoms with E-state index in [9.17, 15) is 4.79 Å². The number of nitrogens with zero attached hydrogens (tertiary/aromatic N) is 3. The van der Waals surface area contributed by atoms with Gasteiger partial charge in [0.05, 0.1) is 22.9 Å². The van der Waals surface area contributed by atoms with Gasteiger partial charge in [-0.05, 0) is 61.4 Å². The number of hydrogen-bond donors (Lipinski definition) is 2. The maximum Gasteiger partial charge on any atom is 0.271 e. The van der Waals surface area contributed by atoms with E-state index in [0.29, 0.717) is 11.3 Å². The molecule has 138 valence electrons. The minimum Gasteiger partial charge on any atom is -0.338 e. The number of imidazole rings is 1. The molecule has 0 aliphatic heterocycles. The summed E-state index contributed by atoms with van der Waals surface area (Å²) in [4.78, 5) is 24.3. The molecule has 4 rings (SSSR count). The Labute approximate surface area is 162 Å². The highest BCUT2D eigenvalue weighted by Gasteiger charge is 2.09. The van der Waals surface area contributed by atoms with Gasteiger partial charge in [0.1, 0.15) is 5.82 Å². The van der Waals surface area contributed by atoms with Gasteiger partial charge >= 0.3 is 0 Å². The fourth-order valence-electron chi connectivity index (χ4n) is 2.86. The van der Waals surface area contributed by atoms with E-state index in [4.69, 9.17) is 0 Å². The molecule has 2 N–H and O–H groups in total. The smallest absolute Gasteiger partial charge is 0.271 e. The zero-order chi connectivity index (χ0) is 19.5. The highest BCUT2D eigenvalue weighted by molar-refractivity contribution is 5.95. The van der Waals surface area contributed by atoms with Crippen molar-refractivity contribution in [1.29, 1.82) is 0 Å². The van der Waals surface area contributed by atoms with Crippen LogP contribution in [0.3, 0.4) is 0 Å². The molecule has 0 aliphatic rings. The van der Waals surface area contributed by atoms with E-state index in [2.05, 4.69) is 51.5 Å². The number of rotatable bonds is 4. The number of aryl methyl sites for hydroxylation is 2. The Kier molecular flexibility index (Phi) is 4.68. The molecule has 4 aromatic rings. The number of fused-ring (bicyclic) bond motifs is 1. The van der Waals surface area contributed by atoms with Crippen LogP contribution in [0.4, 0.5) is 0 Å². The van der Waals surface area contributed by atoms with Crippen molar-refractivity contribution in [3.63, 3.8) is 0 Å². The van der Waals surface area contributed by atoms with Crippen molar-refractivity contribution in [3.8, 4) is 11.4 Å². The first-order valence-electron chi connectivity index (χ1n) is 8.92. The minimum absolute atomic E-state index is 0.283. The Hall–Kier alpha value is -3.80. The molecule has 0 saturated heterocycles. The van der Waals surface area contributed by atoms with Crippen molar-refractivity contribution in [2.45, 2.75) is 13.8 Å². The first kappa shape index (κ1) is 17.6. The Morgan fingerprint density at radius 2 is 1.86 bits per heavy atom. The minimum atomic E-state index is -0.283. The summed E-state index contributed by atoms with van der Waals surface area (Å²) >= 11 is 0. The summed E-state index contributed by atoms with van der Waals surface area (Å²) < 4.78 is 0. The number of carbonyl (C=O) groups is 1. The van der Waals surface area contributed by atoms with Gasteiger partial charge in [0.25, 0.3) is 5.91 Å². The molecule has 0 unspecified atom stereocenters. The molecule has 2 aromatic carbocycles. The number of amides is 1. The van der Waals surface area contributed by atoms with Crippen LogP contribution < -0.4 is 5.43 Å². The summed E-state index contributed by atoms with van der Waals surface area (Å²) in [6.45, 7) is 4.16. The lowest BCUT2D eigenvalue weighted by molar-refractivity contribution is 0.0955. The largest absolute Gasteiger partial charge is 0.338 e. The summed E-state index contributed by atoms with van der Waals surface area (Å²) in [6, 6.07) is 16.9. The highest BCUT2D eigenvalue weighted by Crippen LogP contribution is 2.23. The zero-order valence-corrected chi connectivity index (χ0v) is 15.6. The summed E-state index contributed by atoms with van der Waals surface area (Å²) in [5.41, 5.74) is 8.99. The van der Waals surface area contributed by atoms with Gasteiger partial charge < -0.3 is 4.98 Å². The molecule has 0 radical (unpaired) electrons. The second-order valence-electron chi connectivity index (χ2n) is 6.57. The summed E-state index contributed by atoms with van der Waals surface area (Å²) in [7, 11) is 0. The van der Waals surface area contributed by atoms with Crippen LogP contribution >= 0.6 is 0 Å². The number of hydrazone groups is 1. The predicted octanol–water partition coefficient (Wildman–Crippen LogP) is 4.01. The Bertz CT molecular complexity index is 1120. The van der Waals surface area contributed by atoms with E-state index >= 15 is 0 Å². The van der Waals surface area contributed by atoms with Crippen molar-refractivity contribution in [2.75, 3.05) is 0 Å². The van der Waals surface area contributed by atoms with Crippen molar-refractivity contribution < 1.29 is 4.79 Å². The summed E-state index contributed by atoms with van der Waals surface area (Å²) in [5.74, 6) is 0.495. The van der Waals surface area contributed by atoms with Gasteiger partial charge in [-0.15, -0.1) is 0 Å². The van der Waals surface area contributed by atoms with Gasteiger partial charge in [-0.25, -0.2) is 10.4 Å². The molecular weight excluding hydrogens is 350 g/mol. The molecule has 28 heavy (non-hydrogen) atoms. The normalized spacial score (nSPS) is 11.2. The molecule has 0 atom stereocenters. The molecular formula is C22H19N5O. The van der Waals surface area contributed by atoms with Crippen LogP contribution in [0.5, 0.6) is 0 Å². The number of nitrogens with one attached hydrogen (secondary N) is 2. The van der Waals surface area contributed by atoms with Crippen LogP contribution in [0, 0.1) is 13.8 Å². The maximum atomic E-state index is 12.2. The summed E-state index contributed by atoms with van der Waals surface area (Å²) in [5, 5.41) is 3.94. The third-order valence-corrected chi connectivity index (χ3v) is 4.57. The lowest BCUT2D eigenvalue weighted by Gasteiger charge is -2.01. The van der Waals surface area contributed by atoms with Crippen LogP contribution in [0.15, 0.2) is 65.9 Å². The van der Waals surface area contributed by atoms with Gasteiger partial charge in [0.15, 0.2) is 0 Å². The zero-order valence-electron chi connectivity index (χ0n) is 15.6. The number of carbonyl (C=O) groups excluding carboxylic acids is 1. The molecule has 0 bridgehead atoms. The van der Waals surface area contributed by atoms with Crippen LogP contribution in [0.1, 0.15) is 27.2 Å². The molecule has 6 heteroatoms. The quantitative estimate of drug-likeness (QED) is 0.421. The first-order chi connectivity index (χ1) is 13.6. The standard InChI is InChI=1S/C22H19N5O/c1-14-11-19-20(12-15(14)2)26-21(25-19)16-6-8-17(9-7-16)22(28)27-24-13-18-5-3-4-10-23-18/h3-13H,1-2H3,(H,25,26)(H,27,28)/b24-13+. The number of pyridine rings is 1. The Balaban J connectivity index is 1.49. The molecule has 0 saturated carbocycles. The second-order valence-corrected chi connectivity index (χ2v) is 6.57. The molecule has 0 spiro atoms. The molecule has 0 fully saturated rings. The molecule has 1 amide bonds. The number of benzene rings is 2. The van der Waals surface area contributed by atoms with Crippen LogP contribution in [-0.2, 0) is 0 Å².